The molecule has 0 spiro atoms. The Bertz CT molecular complexity index is 585. The lowest BCUT2D eigenvalue weighted by Gasteiger charge is -2.51. The number of rotatable bonds is 4. The highest BCUT2D eigenvalue weighted by molar-refractivity contribution is 5.76. The molecule has 0 aromatic carbocycles. The Balaban J connectivity index is 1.75. The van der Waals surface area contributed by atoms with Crippen LogP contribution in [-0.4, -0.2) is 63.6 Å². The van der Waals surface area contributed by atoms with Gasteiger partial charge >= 0.3 is 5.97 Å². The van der Waals surface area contributed by atoms with Crippen molar-refractivity contribution in [2.75, 3.05) is 26.7 Å². The summed E-state index contributed by atoms with van der Waals surface area (Å²) >= 11 is 0. The maximum Gasteiger partial charge on any atom is 0.311 e. The zero-order valence-electron chi connectivity index (χ0n) is 14.4. The molecule has 0 amide bonds. The number of hydrogen-bond acceptors (Lipinski definition) is 4. The molecule has 3 rings (SSSR count). The third-order valence-corrected chi connectivity index (χ3v) is 5.78. The second-order valence-corrected chi connectivity index (χ2v) is 7.16. The number of nitrogens with zero attached hydrogens (tertiary/aromatic N) is 3. The monoisotopic (exact) mass is 320 g/mol. The van der Waals surface area contributed by atoms with Crippen molar-refractivity contribution in [1.29, 1.82) is 0 Å². The summed E-state index contributed by atoms with van der Waals surface area (Å²) < 4.78 is 0. The predicted octanol–water partition coefficient (Wildman–Crippen LogP) is 1.65. The van der Waals surface area contributed by atoms with Crippen molar-refractivity contribution >= 4 is 5.97 Å². The number of aryl methyl sites for hydroxylation is 2. The van der Waals surface area contributed by atoms with Gasteiger partial charge in [-0.2, -0.15) is 0 Å². The van der Waals surface area contributed by atoms with Crippen LogP contribution in [0.15, 0.2) is 0 Å². The number of hydrogen-bond donors (Lipinski definition) is 2. The topological polar surface area (TPSA) is 72.5 Å². The van der Waals surface area contributed by atoms with E-state index in [0.29, 0.717) is 0 Å². The number of carboxylic acids is 1. The van der Waals surface area contributed by atoms with Crippen LogP contribution in [0.3, 0.4) is 0 Å². The van der Waals surface area contributed by atoms with Crippen LogP contribution in [-0.2, 0) is 17.8 Å². The minimum absolute atomic E-state index is 0.104. The average Bonchev–Trinajstić information content (AvgIpc) is 2.88. The van der Waals surface area contributed by atoms with Gasteiger partial charge in [-0.25, -0.2) is 4.98 Å². The molecule has 128 valence electrons. The standard InChI is InChI=1S/C17H28N4O2/c1-4-15-18-12(2)13(19-15)10-21-9-7-17(16(22)23)6-5-8-20(3)14(17)11-21/h14H,4-11H2,1-3H3,(H,18,19)(H,22,23)/t14-,17+/m1/s1. The van der Waals surface area contributed by atoms with E-state index in [0.717, 1.165) is 69.1 Å². The van der Waals surface area contributed by atoms with Crippen LogP contribution in [0.2, 0.25) is 0 Å². The number of likely N-dealkylation sites (N-methyl/N-ethyl adjacent to an activating group) is 1. The summed E-state index contributed by atoms with van der Waals surface area (Å²) in [5.74, 6) is 0.419. The molecule has 23 heavy (non-hydrogen) atoms. The largest absolute Gasteiger partial charge is 0.481 e. The summed E-state index contributed by atoms with van der Waals surface area (Å²) in [7, 11) is 2.07. The first-order valence-electron chi connectivity index (χ1n) is 8.66. The molecule has 0 saturated carbocycles. The molecule has 0 unspecified atom stereocenters. The number of carbonyl (C=O) groups is 1. The number of H-pyrrole nitrogens is 1. The quantitative estimate of drug-likeness (QED) is 0.882. The zero-order valence-corrected chi connectivity index (χ0v) is 14.4. The van der Waals surface area contributed by atoms with Gasteiger partial charge in [0.05, 0.1) is 11.1 Å². The van der Waals surface area contributed by atoms with Gasteiger partial charge in [-0.1, -0.05) is 6.92 Å². The molecule has 0 radical (unpaired) electrons. The smallest absolute Gasteiger partial charge is 0.311 e. The van der Waals surface area contributed by atoms with E-state index in [1.807, 2.05) is 0 Å². The van der Waals surface area contributed by atoms with Gasteiger partial charge in [0.15, 0.2) is 0 Å². The Morgan fingerprint density at radius 3 is 2.87 bits per heavy atom. The summed E-state index contributed by atoms with van der Waals surface area (Å²) in [5.41, 5.74) is 1.68. The number of aromatic nitrogens is 2. The Hall–Kier alpha value is -1.40. The van der Waals surface area contributed by atoms with E-state index in [-0.39, 0.29) is 6.04 Å². The zero-order chi connectivity index (χ0) is 16.6. The molecule has 6 heteroatoms. The van der Waals surface area contributed by atoms with Crippen molar-refractivity contribution in [3.8, 4) is 0 Å². The normalized spacial score (nSPS) is 29.4. The van der Waals surface area contributed by atoms with E-state index in [9.17, 15) is 9.90 Å². The average molecular weight is 320 g/mol. The number of piperidine rings is 2. The number of aromatic amines is 1. The fourth-order valence-electron chi connectivity index (χ4n) is 4.28. The molecule has 2 atom stereocenters. The molecule has 3 heterocycles. The first kappa shape index (κ1) is 16.5. The van der Waals surface area contributed by atoms with E-state index in [2.05, 4.69) is 40.7 Å². The summed E-state index contributed by atoms with van der Waals surface area (Å²) in [6.07, 6.45) is 3.44. The molecule has 6 nitrogen and oxygen atoms in total. The highest BCUT2D eigenvalue weighted by Crippen LogP contribution is 2.42. The Labute approximate surface area is 137 Å². The van der Waals surface area contributed by atoms with Gasteiger partial charge in [0.2, 0.25) is 0 Å². The maximum atomic E-state index is 12.0. The molecule has 0 bridgehead atoms. The Morgan fingerprint density at radius 2 is 2.22 bits per heavy atom. The third kappa shape index (κ3) is 2.90. The molecule has 2 aliphatic heterocycles. The number of carboxylic acid groups (broad SMARTS) is 1. The lowest BCUT2D eigenvalue weighted by molar-refractivity contribution is -0.162. The molecular weight excluding hydrogens is 292 g/mol. The number of nitrogens with one attached hydrogen (secondary N) is 1. The van der Waals surface area contributed by atoms with Crippen LogP contribution in [0.1, 0.15) is 43.4 Å². The summed E-state index contributed by atoms with van der Waals surface area (Å²) in [5, 5.41) is 9.83. The lowest BCUT2D eigenvalue weighted by Crippen LogP contribution is -2.62. The van der Waals surface area contributed by atoms with Crippen LogP contribution in [0.5, 0.6) is 0 Å². The van der Waals surface area contributed by atoms with Gasteiger partial charge < -0.3 is 15.0 Å². The van der Waals surface area contributed by atoms with E-state index < -0.39 is 11.4 Å². The minimum Gasteiger partial charge on any atom is -0.481 e. The number of imidazole rings is 1. The van der Waals surface area contributed by atoms with Gasteiger partial charge in [0, 0.05) is 31.2 Å². The molecule has 2 fully saturated rings. The molecule has 2 aliphatic rings. The van der Waals surface area contributed by atoms with Crippen LogP contribution < -0.4 is 0 Å². The first-order valence-corrected chi connectivity index (χ1v) is 8.66. The molecular formula is C17H28N4O2. The van der Waals surface area contributed by atoms with Crippen molar-refractivity contribution in [3.05, 3.63) is 17.2 Å². The number of fused-ring (bicyclic) bond motifs is 1. The van der Waals surface area contributed by atoms with Gasteiger partial charge in [-0.15, -0.1) is 0 Å². The second kappa shape index (κ2) is 6.24. The SMILES string of the molecule is CCc1nc(CN2CC[C@@]3(C(=O)O)CCCN(C)[C@@H]3C2)c(C)[nH]1. The van der Waals surface area contributed by atoms with Crippen molar-refractivity contribution in [2.45, 2.75) is 52.1 Å². The minimum atomic E-state index is -0.613. The lowest BCUT2D eigenvalue weighted by atomic mass is 9.68. The molecule has 2 saturated heterocycles. The second-order valence-electron chi connectivity index (χ2n) is 7.16. The predicted molar refractivity (Wildman–Crippen MR) is 88.3 cm³/mol. The fourth-order valence-corrected chi connectivity index (χ4v) is 4.28. The van der Waals surface area contributed by atoms with Crippen LogP contribution in [0.25, 0.3) is 0 Å². The highest BCUT2D eigenvalue weighted by Gasteiger charge is 2.52. The van der Waals surface area contributed by atoms with Crippen LogP contribution in [0, 0.1) is 12.3 Å². The van der Waals surface area contributed by atoms with E-state index >= 15 is 0 Å². The fraction of sp³-hybridized carbons (Fsp3) is 0.765. The molecule has 1 aromatic heterocycles. The van der Waals surface area contributed by atoms with Gasteiger partial charge in [-0.05, 0) is 46.3 Å². The summed E-state index contributed by atoms with van der Waals surface area (Å²) in [6, 6.07) is 0.104. The Kier molecular flexibility index (Phi) is 4.47. The first-order chi connectivity index (χ1) is 11.0. The number of likely N-dealkylation sites (tertiary alicyclic amines) is 2. The molecule has 0 aliphatic carbocycles. The van der Waals surface area contributed by atoms with Crippen molar-refractivity contribution in [3.63, 3.8) is 0 Å². The summed E-state index contributed by atoms with van der Waals surface area (Å²) in [4.78, 5) is 24.6. The molecule has 2 N–H and O–H groups in total. The van der Waals surface area contributed by atoms with Gasteiger partial charge in [0.25, 0.3) is 0 Å². The third-order valence-electron chi connectivity index (χ3n) is 5.78. The maximum absolute atomic E-state index is 12.0. The van der Waals surface area contributed by atoms with Gasteiger partial charge in [-0.3, -0.25) is 9.69 Å². The van der Waals surface area contributed by atoms with Gasteiger partial charge in [0.1, 0.15) is 5.82 Å². The molecule has 1 aromatic rings. The van der Waals surface area contributed by atoms with Crippen molar-refractivity contribution in [2.24, 2.45) is 5.41 Å². The summed E-state index contributed by atoms with van der Waals surface area (Å²) in [6.45, 7) is 7.62. The number of aliphatic carboxylic acids is 1. The van der Waals surface area contributed by atoms with Crippen molar-refractivity contribution in [1.82, 2.24) is 19.8 Å². The highest BCUT2D eigenvalue weighted by atomic mass is 16.4. The van der Waals surface area contributed by atoms with Crippen molar-refractivity contribution < 1.29 is 9.90 Å². The Morgan fingerprint density at radius 1 is 1.43 bits per heavy atom. The van der Waals surface area contributed by atoms with E-state index in [4.69, 9.17) is 0 Å². The van der Waals surface area contributed by atoms with E-state index in [1.54, 1.807) is 0 Å². The van der Waals surface area contributed by atoms with Crippen LogP contribution in [0.4, 0.5) is 0 Å². The van der Waals surface area contributed by atoms with Crippen LogP contribution >= 0.6 is 0 Å². The van der Waals surface area contributed by atoms with E-state index in [1.165, 1.54) is 0 Å².